The molecule has 0 bridgehead atoms. The summed E-state index contributed by atoms with van der Waals surface area (Å²) in [6, 6.07) is 8.92. The van der Waals surface area contributed by atoms with Crippen LogP contribution in [0, 0.1) is 0 Å². The molecule has 7 nitrogen and oxygen atoms in total. The van der Waals surface area contributed by atoms with E-state index in [1.807, 2.05) is 0 Å². The lowest BCUT2D eigenvalue weighted by atomic mass is 10.3. The molecule has 0 spiro atoms. The lowest BCUT2D eigenvalue weighted by Crippen LogP contribution is -2.39. The number of benzene rings is 1. The Kier molecular flexibility index (Phi) is 6.30. The Morgan fingerprint density at radius 3 is 2.30 bits per heavy atom. The molecular weight excluding hydrogens is 363 g/mol. The zero-order chi connectivity index (χ0) is 19.1. The highest BCUT2D eigenvalue weighted by Gasteiger charge is 2.30. The Balaban J connectivity index is 1.45. The maximum atomic E-state index is 12.2. The number of hydrogen-bond donors (Lipinski definition) is 2. The number of ether oxygens (including phenoxy) is 2. The highest BCUT2D eigenvalue weighted by atomic mass is 19.4. The maximum Gasteiger partial charge on any atom is 0.573 e. The van der Waals surface area contributed by atoms with Gasteiger partial charge in [-0.1, -0.05) is 0 Å². The molecule has 0 saturated carbocycles. The maximum absolute atomic E-state index is 12.2. The van der Waals surface area contributed by atoms with Gasteiger partial charge in [0.1, 0.15) is 11.6 Å². The predicted octanol–water partition coefficient (Wildman–Crippen LogP) is 2.86. The molecule has 1 aromatic heterocycles. The third kappa shape index (κ3) is 6.57. The summed E-state index contributed by atoms with van der Waals surface area (Å²) in [5.74, 6) is 0.861. The Labute approximate surface area is 154 Å². The Morgan fingerprint density at radius 2 is 1.67 bits per heavy atom. The van der Waals surface area contributed by atoms with Crippen molar-refractivity contribution in [3.8, 4) is 5.75 Å². The van der Waals surface area contributed by atoms with E-state index in [0.29, 0.717) is 17.3 Å². The molecule has 27 heavy (non-hydrogen) atoms. The molecule has 0 radical (unpaired) electrons. The number of nitrogens with one attached hydrogen (secondary N) is 2. The number of nitrogens with zero attached hydrogens (tertiary/aromatic N) is 3. The van der Waals surface area contributed by atoms with E-state index >= 15 is 0 Å². The molecule has 3 rings (SSSR count). The molecule has 1 aliphatic heterocycles. The fourth-order valence-corrected chi connectivity index (χ4v) is 2.55. The number of rotatable bonds is 7. The third-order valence-corrected chi connectivity index (χ3v) is 3.86. The second-order valence-electron chi connectivity index (χ2n) is 5.88. The molecule has 1 aromatic carbocycles. The second kappa shape index (κ2) is 8.87. The average Bonchev–Trinajstić information content (AvgIpc) is 2.64. The van der Waals surface area contributed by atoms with Crippen LogP contribution in [0.2, 0.25) is 0 Å². The summed E-state index contributed by atoms with van der Waals surface area (Å²) >= 11 is 0. The minimum absolute atomic E-state index is 0.279. The van der Waals surface area contributed by atoms with E-state index < -0.39 is 6.36 Å². The summed E-state index contributed by atoms with van der Waals surface area (Å²) in [6.07, 6.45) is -4.70. The number of anilines is 3. The SMILES string of the molecule is FC(F)(F)Oc1ccc(Nc2ccc(NCCN3CCOCC3)nn2)cc1. The summed E-state index contributed by atoms with van der Waals surface area (Å²) in [6.45, 7) is 5.05. The lowest BCUT2D eigenvalue weighted by Gasteiger charge is -2.26. The minimum Gasteiger partial charge on any atom is -0.406 e. The van der Waals surface area contributed by atoms with E-state index in [-0.39, 0.29) is 5.75 Å². The molecule has 1 aliphatic rings. The van der Waals surface area contributed by atoms with Gasteiger partial charge < -0.3 is 20.1 Å². The molecule has 1 saturated heterocycles. The van der Waals surface area contributed by atoms with Gasteiger partial charge in [0, 0.05) is 31.9 Å². The molecule has 146 valence electrons. The average molecular weight is 383 g/mol. The fraction of sp³-hybridized carbons (Fsp3) is 0.412. The van der Waals surface area contributed by atoms with Gasteiger partial charge >= 0.3 is 6.36 Å². The first kappa shape index (κ1) is 19.2. The van der Waals surface area contributed by atoms with Crippen LogP contribution in [0.1, 0.15) is 0 Å². The number of aromatic nitrogens is 2. The minimum atomic E-state index is -4.70. The van der Waals surface area contributed by atoms with Gasteiger partial charge in [0.05, 0.1) is 13.2 Å². The van der Waals surface area contributed by atoms with Crippen molar-refractivity contribution in [1.29, 1.82) is 0 Å². The van der Waals surface area contributed by atoms with Gasteiger partial charge in [-0.25, -0.2) is 0 Å². The first-order chi connectivity index (χ1) is 13.0. The largest absolute Gasteiger partial charge is 0.573 e. The van der Waals surface area contributed by atoms with Crippen molar-refractivity contribution in [3.63, 3.8) is 0 Å². The topological polar surface area (TPSA) is 71.5 Å². The van der Waals surface area contributed by atoms with Crippen LogP contribution in [-0.4, -0.2) is 60.9 Å². The van der Waals surface area contributed by atoms with Crippen molar-refractivity contribution >= 4 is 17.3 Å². The van der Waals surface area contributed by atoms with Gasteiger partial charge in [0.25, 0.3) is 0 Å². The predicted molar refractivity (Wildman–Crippen MR) is 94.2 cm³/mol. The summed E-state index contributed by atoms with van der Waals surface area (Å²) in [5.41, 5.74) is 0.576. The zero-order valence-corrected chi connectivity index (χ0v) is 14.5. The normalized spacial score (nSPS) is 15.4. The van der Waals surface area contributed by atoms with Crippen LogP contribution in [0.25, 0.3) is 0 Å². The Morgan fingerprint density at radius 1 is 1.00 bits per heavy atom. The van der Waals surface area contributed by atoms with E-state index in [0.717, 1.165) is 39.4 Å². The van der Waals surface area contributed by atoms with Gasteiger partial charge in [0.15, 0.2) is 5.82 Å². The molecular formula is C17H20F3N5O2. The Bertz CT molecular complexity index is 704. The molecule has 2 N–H and O–H groups in total. The molecule has 0 amide bonds. The Hall–Kier alpha value is -2.59. The first-order valence-electron chi connectivity index (χ1n) is 8.48. The molecule has 1 fully saturated rings. The molecule has 0 unspecified atom stereocenters. The highest BCUT2D eigenvalue weighted by molar-refractivity contribution is 5.57. The van der Waals surface area contributed by atoms with Gasteiger partial charge in [-0.2, -0.15) is 0 Å². The van der Waals surface area contributed by atoms with E-state index in [2.05, 4.69) is 30.5 Å². The smallest absolute Gasteiger partial charge is 0.406 e. The van der Waals surface area contributed by atoms with Crippen molar-refractivity contribution in [1.82, 2.24) is 15.1 Å². The lowest BCUT2D eigenvalue weighted by molar-refractivity contribution is -0.274. The van der Waals surface area contributed by atoms with Crippen LogP contribution in [-0.2, 0) is 4.74 Å². The van der Waals surface area contributed by atoms with Crippen molar-refractivity contribution < 1.29 is 22.6 Å². The van der Waals surface area contributed by atoms with Crippen molar-refractivity contribution in [3.05, 3.63) is 36.4 Å². The van der Waals surface area contributed by atoms with Crippen LogP contribution in [0.3, 0.4) is 0 Å². The van der Waals surface area contributed by atoms with E-state index in [9.17, 15) is 13.2 Å². The van der Waals surface area contributed by atoms with Crippen LogP contribution >= 0.6 is 0 Å². The van der Waals surface area contributed by atoms with Crippen molar-refractivity contribution in [2.75, 3.05) is 50.0 Å². The molecule has 2 heterocycles. The zero-order valence-electron chi connectivity index (χ0n) is 14.5. The number of morpholine rings is 1. The van der Waals surface area contributed by atoms with Gasteiger partial charge in [-0.05, 0) is 36.4 Å². The van der Waals surface area contributed by atoms with Crippen LogP contribution in [0.4, 0.5) is 30.5 Å². The fourth-order valence-electron chi connectivity index (χ4n) is 2.55. The van der Waals surface area contributed by atoms with Crippen LogP contribution in [0.5, 0.6) is 5.75 Å². The van der Waals surface area contributed by atoms with E-state index in [1.165, 1.54) is 24.3 Å². The molecule has 10 heteroatoms. The first-order valence-corrected chi connectivity index (χ1v) is 8.48. The van der Waals surface area contributed by atoms with E-state index in [4.69, 9.17) is 4.74 Å². The van der Waals surface area contributed by atoms with E-state index in [1.54, 1.807) is 12.1 Å². The standard InChI is InChI=1S/C17H20F3N5O2/c18-17(19,20)27-14-3-1-13(2-4-14)22-16-6-5-15(23-24-16)21-7-8-25-9-11-26-12-10-25/h1-6H,7-12H2,(H,21,23)(H,22,24). The number of halogens is 3. The summed E-state index contributed by atoms with van der Waals surface area (Å²) < 4.78 is 45.6. The highest BCUT2D eigenvalue weighted by Crippen LogP contribution is 2.24. The van der Waals surface area contributed by atoms with Crippen molar-refractivity contribution in [2.45, 2.75) is 6.36 Å². The van der Waals surface area contributed by atoms with Crippen LogP contribution < -0.4 is 15.4 Å². The second-order valence-corrected chi connectivity index (χ2v) is 5.88. The quantitative estimate of drug-likeness (QED) is 0.762. The molecule has 0 aliphatic carbocycles. The van der Waals surface area contributed by atoms with Gasteiger partial charge in [0.2, 0.25) is 0 Å². The monoisotopic (exact) mass is 383 g/mol. The van der Waals surface area contributed by atoms with Gasteiger partial charge in [-0.15, -0.1) is 23.4 Å². The summed E-state index contributed by atoms with van der Waals surface area (Å²) in [7, 11) is 0. The summed E-state index contributed by atoms with van der Waals surface area (Å²) in [4.78, 5) is 2.31. The van der Waals surface area contributed by atoms with Gasteiger partial charge in [-0.3, -0.25) is 4.90 Å². The summed E-state index contributed by atoms with van der Waals surface area (Å²) in [5, 5.41) is 14.3. The molecule has 0 atom stereocenters. The van der Waals surface area contributed by atoms with Crippen LogP contribution in [0.15, 0.2) is 36.4 Å². The molecule has 2 aromatic rings. The third-order valence-electron chi connectivity index (χ3n) is 3.86. The number of alkyl halides is 3. The number of hydrogen-bond acceptors (Lipinski definition) is 7. The van der Waals surface area contributed by atoms with Crippen molar-refractivity contribution in [2.24, 2.45) is 0 Å².